The fourth-order valence-electron chi connectivity index (χ4n) is 1.80. The Morgan fingerprint density at radius 1 is 1.29 bits per heavy atom. The van der Waals surface area contributed by atoms with Gasteiger partial charge in [0, 0.05) is 18.1 Å². The zero-order chi connectivity index (χ0) is 13.3. The highest BCUT2D eigenvalue weighted by atomic mass is 16.2. The van der Waals surface area contributed by atoms with E-state index in [-0.39, 0.29) is 5.91 Å². The molecule has 0 aromatic heterocycles. The molecule has 0 radical (unpaired) electrons. The van der Waals surface area contributed by atoms with E-state index >= 15 is 0 Å². The number of nitrogens with zero attached hydrogens (tertiary/aromatic N) is 1. The number of carbonyl (C=O) groups is 1. The van der Waals surface area contributed by atoms with Crippen molar-refractivity contribution in [2.24, 2.45) is 11.1 Å². The first-order chi connectivity index (χ1) is 7.71. The van der Waals surface area contributed by atoms with Crippen LogP contribution in [0, 0.1) is 5.41 Å². The summed E-state index contributed by atoms with van der Waals surface area (Å²) in [6.07, 6.45) is 4.54. The lowest BCUT2D eigenvalue weighted by molar-refractivity contribution is -0.144. The monoisotopic (exact) mass is 240 g/mol. The van der Waals surface area contributed by atoms with Crippen LogP contribution in [-0.4, -0.2) is 28.9 Å². The highest BCUT2D eigenvalue weighted by Gasteiger charge is 2.45. The van der Waals surface area contributed by atoms with Crippen LogP contribution < -0.4 is 5.73 Å². The van der Waals surface area contributed by atoms with Crippen LogP contribution in [0.15, 0.2) is 0 Å². The minimum atomic E-state index is -0.497. The van der Waals surface area contributed by atoms with Gasteiger partial charge in [0.1, 0.15) is 0 Å². The van der Waals surface area contributed by atoms with E-state index in [0.29, 0.717) is 6.04 Å². The summed E-state index contributed by atoms with van der Waals surface area (Å²) < 4.78 is 0. The third kappa shape index (κ3) is 3.21. The lowest BCUT2D eigenvalue weighted by atomic mass is 9.74. The summed E-state index contributed by atoms with van der Waals surface area (Å²) in [5.41, 5.74) is 5.17. The maximum atomic E-state index is 12.6. The van der Waals surface area contributed by atoms with Crippen LogP contribution in [0.25, 0.3) is 0 Å². The third-order valence-electron chi connectivity index (χ3n) is 4.15. The summed E-state index contributed by atoms with van der Waals surface area (Å²) in [6, 6.07) is 0.482. The quantitative estimate of drug-likeness (QED) is 0.775. The summed E-state index contributed by atoms with van der Waals surface area (Å²) in [4.78, 5) is 14.7. The maximum absolute atomic E-state index is 12.6. The molecule has 3 nitrogen and oxygen atoms in total. The molecule has 0 heterocycles. The Morgan fingerprint density at radius 3 is 2.18 bits per heavy atom. The predicted octanol–water partition coefficient (Wildman–Crippen LogP) is 2.54. The largest absolute Gasteiger partial charge is 0.339 e. The van der Waals surface area contributed by atoms with E-state index in [0.717, 1.165) is 32.2 Å². The summed E-state index contributed by atoms with van der Waals surface area (Å²) in [5.74, 6) is 0.223. The second kappa shape index (κ2) is 4.97. The first-order valence-electron chi connectivity index (χ1n) is 6.81. The van der Waals surface area contributed by atoms with Gasteiger partial charge < -0.3 is 10.6 Å². The van der Waals surface area contributed by atoms with Gasteiger partial charge in [-0.25, -0.2) is 0 Å². The van der Waals surface area contributed by atoms with Crippen molar-refractivity contribution in [2.45, 2.75) is 71.9 Å². The highest BCUT2D eigenvalue weighted by Crippen LogP contribution is 2.36. The molecule has 1 saturated carbocycles. The van der Waals surface area contributed by atoms with Crippen LogP contribution in [-0.2, 0) is 4.79 Å². The molecule has 0 unspecified atom stereocenters. The fraction of sp³-hybridized carbons (Fsp3) is 0.929. The SMILES string of the molecule is CCCCN(C(=O)C(C)(C)C(C)(C)N)C1CC1. The summed E-state index contributed by atoms with van der Waals surface area (Å²) >= 11 is 0. The van der Waals surface area contributed by atoms with Crippen LogP contribution in [0.4, 0.5) is 0 Å². The van der Waals surface area contributed by atoms with E-state index in [1.165, 1.54) is 0 Å². The Balaban J connectivity index is 2.77. The first kappa shape index (κ1) is 14.5. The highest BCUT2D eigenvalue weighted by molar-refractivity contribution is 5.84. The summed E-state index contributed by atoms with van der Waals surface area (Å²) in [5, 5.41) is 0. The Labute approximate surface area is 106 Å². The van der Waals surface area contributed by atoms with Gasteiger partial charge in [0.05, 0.1) is 5.41 Å². The Bertz CT molecular complexity index is 274. The molecule has 2 N–H and O–H groups in total. The number of hydrogen-bond acceptors (Lipinski definition) is 2. The minimum absolute atomic E-state index is 0.223. The zero-order valence-electron chi connectivity index (χ0n) is 12.0. The zero-order valence-corrected chi connectivity index (χ0v) is 12.0. The second-order valence-corrected chi connectivity index (χ2v) is 6.43. The van der Waals surface area contributed by atoms with Gasteiger partial charge in [-0.2, -0.15) is 0 Å². The van der Waals surface area contributed by atoms with Crippen molar-refractivity contribution in [3.8, 4) is 0 Å². The number of carbonyl (C=O) groups excluding carboxylic acids is 1. The van der Waals surface area contributed by atoms with Gasteiger partial charge in [-0.3, -0.25) is 4.79 Å². The van der Waals surface area contributed by atoms with Crippen molar-refractivity contribution in [1.29, 1.82) is 0 Å². The van der Waals surface area contributed by atoms with E-state index in [1.54, 1.807) is 0 Å². The number of hydrogen-bond donors (Lipinski definition) is 1. The number of unbranched alkanes of at least 4 members (excludes halogenated alkanes) is 1. The van der Waals surface area contributed by atoms with Crippen LogP contribution in [0.2, 0.25) is 0 Å². The lowest BCUT2D eigenvalue weighted by Crippen LogP contribution is -2.57. The van der Waals surface area contributed by atoms with Gasteiger partial charge in [0.2, 0.25) is 5.91 Å². The van der Waals surface area contributed by atoms with Gasteiger partial charge >= 0.3 is 0 Å². The second-order valence-electron chi connectivity index (χ2n) is 6.43. The van der Waals surface area contributed by atoms with Crippen molar-refractivity contribution < 1.29 is 4.79 Å². The third-order valence-corrected chi connectivity index (χ3v) is 4.15. The molecular weight excluding hydrogens is 212 g/mol. The normalized spacial score (nSPS) is 17.1. The smallest absolute Gasteiger partial charge is 0.230 e. The topological polar surface area (TPSA) is 46.3 Å². The molecule has 1 aliphatic carbocycles. The maximum Gasteiger partial charge on any atom is 0.230 e. The molecule has 17 heavy (non-hydrogen) atoms. The molecule has 0 bridgehead atoms. The molecule has 0 saturated heterocycles. The van der Waals surface area contributed by atoms with Crippen molar-refractivity contribution in [3.63, 3.8) is 0 Å². The Morgan fingerprint density at radius 2 is 1.82 bits per heavy atom. The van der Waals surface area contributed by atoms with Crippen LogP contribution in [0.1, 0.15) is 60.3 Å². The minimum Gasteiger partial charge on any atom is -0.339 e. The molecular formula is C14H28N2O. The molecule has 0 aliphatic heterocycles. The molecule has 0 atom stereocenters. The fourth-order valence-corrected chi connectivity index (χ4v) is 1.80. The van der Waals surface area contributed by atoms with Crippen LogP contribution in [0.3, 0.4) is 0 Å². The number of amides is 1. The molecule has 1 aliphatic rings. The van der Waals surface area contributed by atoms with Crippen molar-refractivity contribution in [3.05, 3.63) is 0 Å². The molecule has 3 heteroatoms. The summed E-state index contributed by atoms with van der Waals surface area (Å²) in [6.45, 7) is 10.9. The van der Waals surface area contributed by atoms with Crippen molar-refractivity contribution >= 4 is 5.91 Å². The van der Waals surface area contributed by atoms with Gasteiger partial charge in [-0.15, -0.1) is 0 Å². The molecule has 100 valence electrons. The molecule has 0 aromatic carbocycles. The molecule has 1 amide bonds. The van der Waals surface area contributed by atoms with Crippen molar-refractivity contribution in [1.82, 2.24) is 4.90 Å². The Kier molecular flexibility index (Phi) is 4.23. The standard InChI is InChI=1S/C14H28N2O/c1-6-7-10-16(11-8-9-11)12(17)13(2,3)14(4,5)15/h11H,6-10,15H2,1-5H3. The number of rotatable bonds is 6. The first-order valence-corrected chi connectivity index (χ1v) is 6.81. The van der Waals surface area contributed by atoms with Gasteiger partial charge in [-0.05, 0) is 47.0 Å². The molecule has 0 aromatic rings. The summed E-state index contributed by atoms with van der Waals surface area (Å²) in [7, 11) is 0. The van der Waals surface area contributed by atoms with E-state index in [1.807, 2.05) is 27.7 Å². The Hall–Kier alpha value is -0.570. The van der Waals surface area contributed by atoms with Crippen LogP contribution >= 0.6 is 0 Å². The lowest BCUT2D eigenvalue weighted by Gasteiger charge is -2.41. The van der Waals surface area contributed by atoms with E-state index < -0.39 is 11.0 Å². The predicted molar refractivity (Wildman–Crippen MR) is 71.7 cm³/mol. The van der Waals surface area contributed by atoms with Gasteiger partial charge in [0.15, 0.2) is 0 Å². The number of nitrogens with two attached hydrogens (primary N) is 1. The van der Waals surface area contributed by atoms with Gasteiger partial charge in [-0.1, -0.05) is 13.3 Å². The average Bonchev–Trinajstić information content (AvgIpc) is 3.00. The van der Waals surface area contributed by atoms with Crippen LogP contribution in [0.5, 0.6) is 0 Å². The van der Waals surface area contributed by atoms with E-state index in [9.17, 15) is 4.79 Å². The van der Waals surface area contributed by atoms with E-state index in [4.69, 9.17) is 5.73 Å². The molecule has 1 fully saturated rings. The molecule has 0 spiro atoms. The van der Waals surface area contributed by atoms with Crippen molar-refractivity contribution in [2.75, 3.05) is 6.54 Å². The molecule has 1 rings (SSSR count). The van der Waals surface area contributed by atoms with E-state index in [2.05, 4.69) is 11.8 Å². The average molecular weight is 240 g/mol. The van der Waals surface area contributed by atoms with Gasteiger partial charge in [0.25, 0.3) is 0 Å².